The summed E-state index contributed by atoms with van der Waals surface area (Å²) in [4.78, 5) is 23.1. The highest BCUT2D eigenvalue weighted by molar-refractivity contribution is 6.06. The smallest absolute Gasteiger partial charge is 0.344 e. The maximum atomic E-state index is 11.6. The van der Waals surface area contributed by atoms with Crippen molar-refractivity contribution in [2.75, 3.05) is 7.11 Å². The number of methoxy groups -OCH3 is 1. The molecule has 0 spiro atoms. The molecular weight excluding hydrogens is 226 g/mol. The topological polar surface area (TPSA) is 88.8 Å². The zero-order valence-corrected chi connectivity index (χ0v) is 8.88. The molecule has 6 heteroatoms. The number of esters is 1. The molecule has 2 rings (SSSR count). The molecular formula is C11H9NO5. The molecule has 1 aromatic carbocycles. The first-order valence-electron chi connectivity index (χ1n) is 4.72. The quantitative estimate of drug-likeness (QED) is 0.562. The Morgan fingerprint density at radius 3 is 2.47 bits per heavy atom. The average Bonchev–Trinajstić information content (AvgIpc) is 2.36. The van der Waals surface area contributed by atoms with Gasteiger partial charge in [0, 0.05) is 5.39 Å². The van der Waals surface area contributed by atoms with Crippen LogP contribution in [-0.4, -0.2) is 28.1 Å². The Labute approximate surface area is 95.3 Å². The van der Waals surface area contributed by atoms with Gasteiger partial charge >= 0.3 is 5.97 Å². The third kappa shape index (κ3) is 1.50. The van der Waals surface area contributed by atoms with Crippen molar-refractivity contribution in [1.82, 2.24) is 4.73 Å². The van der Waals surface area contributed by atoms with Gasteiger partial charge in [-0.15, -0.1) is 4.73 Å². The second-order valence-corrected chi connectivity index (χ2v) is 3.35. The van der Waals surface area contributed by atoms with Gasteiger partial charge in [-0.2, -0.15) is 0 Å². The highest BCUT2D eigenvalue weighted by Crippen LogP contribution is 2.24. The van der Waals surface area contributed by atoms with Crippen LogP contribution in [0.25, 0.3) is 10.8 Å². The van der Waals surface area contributed by atoms with Crippen molar-refractivity contribution in [2.45, 2.75) is 0 Å². The Bertz CT molecular complexity index is 659. The monoisotopic (exact) mass is 235 g/mol. The molecule has 88 valence electrons. The summed E-state index contributed by atoms with van der Waals surface area (Å²) in [5.74, 6) is -1.66. The second-order valence-electron chi connectivity index (χ2n) is 3.35. The number of hydrogen-bond donors (Lipinski definition) is 2. The summed E-state index contributed by atoms with van der Waals surface area (Å²) < 4.78 is 4.52. The molecule has 17 heavy (non-hydrogen) atoms. The molecule has 0 atom stereocenters. The van der Waals surface area contributed by atoms with Gasteiger partial charge in [0.1, 0.15) is 5.56 Å². The van der Waals surface area contributed by atoms with E-state index >= 15 is 0 Å². The number of aromatic hydroxyl groups is 1. The number of aromatic nitrogens is 1. The van der Waals surface area contributed by atoms with Gasteiger partial charge in [0.25, 0.3) is 5.56 Å². The summed E-state index contributed by atoms with van der Waals surface area (Å²) in [5.41, 5.74) is -1.05. The summed E-state index contributed by atoms with van der Waals surface area (Å²) in [5, 5.41) is 19.3. The molecule has 0 bridgehead atoms. The predicted octanol–water partition coefficient (Wildman–Crippen LogP) is 0.731. The SMILES string of the molecule is COC(=O)c1c(O)n(O)c(=O)c2ccccc12. The molecule has 0 saturated heterocycles. The fourth-order valence-electron chi connectivity index (χ4n) is 1.63. The average molecular weight is 235 g/mol. The van der Waals surface area contributed by atoms with E-state index < -0.39 is 17.4 Å². The van der Waals surface area contributed by atoms with Crippen molar-refractivity contribution >= 4 is 16.7 Å². The number of carbonyl (C=O) groups is 1. The van der Waals surface area contributed by atoms with E-state index in [2.05, 4.69) is 4.74 Å². The summed E-state index contributed by atoms with van der Waals surface area (Å²) in [6, 6.07) is 6.12. The van der Waals surface area contributed by atoms with E-state index in [1.165, 1.54) is 12.1 Å². The number of ether oxygens (including phenoxy) is 1. The Balaban J connectivity index is 3.01. The zero-order chi connectivity index (χ0) is 12.6. The first kappa shape index (κ1) is 11.0. The van der Waals surface area contributed by atoms with E-state index in [0.29, 0.717) is 0 Å². The van der Waals surface area contributed by atoms with Crippen LogP contribution in [0.15, 0.2) is 29.1 Å². The predicted molar refractivity (Wildman–Crippen MR) is 58.4 cm³/mol. The van der Waals surface area contributed by atoms with Crippen LogP contribution in [0, 0.1) is 0 Å². The molecule has 0 fully saturated rings. The first-order chi connectivity index (χ1) is 8.07. The van der Waals surface area contributed by atoms with E-state index in [0.717, 1.165) is 7.11 Å². The highest BCUT2D eigenvalue weighted by atomic mass is 16.5. The van der Waals surface area contributed by atoms with Crippen molar-refractivity contribution in [3.05, 3.63) is 40.2 Å². The van der Waals surface area contributed by atoms with Crippen molar-refractivity contribution in [2.24, 2.45) is 0 Å². The van der Waals surface area contributed by atoms with Crippen LogP contribution in [0.4, 0.5) is 0 Å². The molecule has 2 N–H and O–H groups in total. The van der Waals surface area contributed by atoms with Gasteiger partial charge in [-0.25, -0.2) is 4.79 Å². The molecule has 0 aliphatic carbocycles. The van der Waals surface area contributed by atoms with Crippen LogP contribution in [0.3, 0.4) is 0 Å². The van der Waals surface area contributed by atoms with E-state index in [1.807, 2.05) is 0 Å². The van der Waals surface area contributed by atoms with Gasteiger partial charge in [-0.3, -0.25) is 4.79 Å². The third-order valence-electron chi connectivity index (χ3n) is 2.43. The number of rotatable bonds is 1. The first-order valence-corrected chi connectivity index (χ1v) is 4.72. The Hall–Kier alpha value is -2.50. The van der Waals surface area contributed by atoms with E-state index in [1.54, 1.807) is 12.1 Å². The van der Waals surface area contributed by atoms with E-state index in [-0.39, 0.29) is 21.1 Å². The molecule has 0 aliphatic heterocycles. The minimum atomic E-state index is -0.833. The van der Waals surface area contributed by atoms with Gasteiger partial charge < -0.3 is 15.1 Å². The number of hydrogen-bond acceptors (Lipinski definition) is 5. The minimum absolute atomic E-state index is 0.0224. The summed E-state index contributed by atoms with van der Waals surface area (Å²) >= 11 is 0. The third-order valence-corrected chi connectivity index (χ3v) is 2.43. The lowest BCUT2D eigenvalue weighted by atomic mass is 10.1. The van der Waals surface area contributed by atoms with Crippen LogP contribution >= 0.6 is 0 Å². The van der Waals surface area contributed by atoms with Crippen LogP contribution < -0.4 is 5.56 Å². The molecule has 6 nitrogen and oxygen atoms in total. The fourth-order valence-corrected chi connectivity index (χ4v) is 1.63. The van der Waals surface area contributed by atoms with Crippen molar-refractivity contribution < 1.29 is 19.8 Å². The molecule has 1 heterocycles. The molecule has 0 saturated carbocycles. The van der Waals surface area contributed by atoms with Crippen LogP contribution in [-0.2, 0) is 4.74 Å². The molecule has 0 radical (unpaired) electrons. The number of pyridine rings is 1. The fraction of sp³-hybridized carbons (Fsp3) is 0.0909. The van der Waals surface area contributed by atoms with Crippen LogP contribution in [0.1, 0.15) is 10.4 Å². The van der Waals surface area contributed by atoms with Crippen molar-refractivity contribution in [3.63, 3.8) is 0 Å². The van der Waals surface area contributed by atoms with Crippen LogP contribution in [0.5, 0.6) is 5.88 Å². The maximum absolute atomic E-state index is 11.6. The maximum Gasteiger partial charge on any atom is 0.344 e. The number of nitrogens with zero attached hydrogens (tertiary/aromatic N) is 1. The highest BCUT2D eigenvalue weighted by Gasteiger charge is 2.21. The number of carbonyl (C=O) groups excluding carboxylic acids is 1. The van der Waals surface area contributed by atoms with Crippen molar-refractivity contribution in [3.8, 4) is 5.88 Å². The van der Waals surface area contributed by atoms with Gasteiger partial charge in [-0.1, -0.05) is 18.2 Å². The lowest BCUT2D eigenvalue weighted by Gasteiger charge is -2.09. The van der Waals surface area contributed by atoms with Crippen molar-refractivity contribution in [1.29, 1.82) is 0 Å². The second kappa shape index (κ2) is 3.82. The van der Waals surface area contributed by atoms with E-state index in [9.17, 15) is 19.9 Å². The van der Waals surface area contributed by atoms with Gasteiger partial charge in [0.05, 0.1) is 12.5 Å². The number of benzene rings is 1. The van der Waals surface area contributed by atoms with Gasteiger partial charge in [0.2, 0.25) is 5.88 Å². The van der Waals surface area contributed by atoms with Gasteiger partial charge in [-0.05, 0) is 6.07 Å². The lowest BCUT2D eigenvalue weighted by Crippen LogP contribution is -2.21. The lowest BCUT2D eigenvalue weighted by molar-refractivity contribution is 0.0588. The summed E-state index contributed by atoms with van der Waals surface area (Å²) in [6.07, 6.45) is 0. The summed E-state index contributed by atoms with van der Waals surface area (Å²) in [7, 11) is 1.14. The molecule has 2 aromatic rings. The van der Waals surface area contributed by atoms with E-state index in [4.69, 9.17) is 0 Å². The Morgan fingerprint density at radius 2 is 1.88 bits per heavy atom. The van der Waals surface area contributed by atoms with Crippen LogP contribution in [0.2, 0.25) is 0 Å². The minimum Gasteiger partial charge on any atom is -0.492 e. The van der Waals surface area contributed by atoms with Gasteiger partial charge in [0.15, 0.2) is 0 Å². The molecule has 0 aliphatic rings. The Morgan fingerprint density at radius 1 is 1.29 bits per heavy atom. The largest absolute Gasteiger partial charge is 0.492 e. The standard InChI is InChI=1S/C11H9NO5/c1-17-11(15)8-6-4-2-3-5-7(6)9(13)12(16)10(8)14/h2-5,14,16H,1H3. The normalized spacial score (nSPS) is 10.4. The zero-order valence-electron chi connectivity index (χ0n) is 8.88. The number of fused-ring (bicyclic) bond motifs is 1. The Kier molecular flexibility index (Phi) is 2.47. The molecule has 1 aromatic heterocycles. The molecule has 0 unspecified atom stereocenters. The summed E-state index contributed by atoms with van der Waals surface area (Å²) in [6.45, 7) is 0. The molecule has 0 amide bonds.